The Kier molecular flexibility index (Phi) is 4.58. The maximum atomic E-state index is 13.5. The van der Waals surface area contributed by atoms with Crippen molar-refractivity contribution in [3.63, 3.8) is 0 Å². The highest BCUT2D eigenvalue weighted by Gasteiger charge is 2.45. The van der Waals surface area contributed by atoms with Crippen LogP contribution in [0.2, 0.25) is 0 Å². The molecule has 0 aromatic heterocycles. The molecular formula is C24H27FN2O2. The Balaban J connectivity index is 1.43. The average Bonchev–Trinajstić information content (AvgIpc) is 2.73. The molecule has 29 heavy (non-hydrogen) atoms. The number of nitrogens with one attached hydrogen (secondary N) is 1. The average molecular weight is 394 g/mol. The van der Waals surface area contributed by atoms with E-state index in [-0.39, 0.29) is 23.9 Å². The molecule has 3 fully saturated rings. The second kappa shape index (κ2) is 7.13. The number of fused-ring (bicyclic) bond motifs is 4. The fraction of sp³-hybridized carbons (Fsp3) is 0.458. The van der Waals surface area contributed by atoms with E-state index in [1.807, 2.05) is 17.0 Å². The van der Waals surface area contributed by atoms with Crippen LogP contribution in [0.4, 0.5) is 9.18 Å². The van der Waals surface area contributed by atoms with Gasteiger partial charge >= 0.3 is 6.03 Å². The van der Waals surface area contributed by atoms with Crippen molar-refractivity contribution in [2.75, 3.05) is 6.54 Å². The second-order valence-electron chi connectivity index (χ2n) is 8.92. The SMILES string of the molecule is O=C(N[C@@H]1CC2(O)CCC1CC2)N1CCc2ccccc2[C@@H]1c1ccc(F)cc1. The van der Waals surface area contributed by atoms with Gasteiger partial charge in [-0.1, -0.05) is 36.4 Å². The summed E-state index contributed by atoms with van der Waals surface area (Å²) in [6, 6.07) is 14.4. The molecular weight excluding hydrogens is 367 g/mol. The van der Waals surface area contributed by atoms with Gasteiger partial charge in [-0.05, 0) is 73.3 Å². The summed E-state index contributed by atoms with van der Waals surface area (Å²) >= 11 is 0. The molecule has 2 N–H and O–H groups in total. The first-order chi connectivity index (χ1) is 14.0. The highest BCUT2D eigenvalue weighted by molar-refractivity contribution is 5.76. The topological polar surface area (TPSA) is 52.6 Å². The van der Waals surface area contributed by atoms with Crippen LogP contribution in [-0.4, -0.2) is 34.2 Å². The normalized spacial score (nSPS) is 30.7. The Bertz CT molecular complexity index is 905. The molecule has 4 aliphatic rings. The van der Waals surface area contributed by atoms with Gasteiger partial charge in [0.1, 0.15) is 5.82 Å². The van der Waals surface area contributed by atoms with Gasteiger partial charge in [0, 0.05) is 12.6 Å². The maximum Gasteiger partial charge on any atom is 0.318 e. The number of halogens is 1. The smallest absolute Gasteiger partial charge is 0.318 e. The Labute approximate surface area is 170 Å². The van der Waals surface area contributed by atoms with Crippen molar-refractivity contribution < 1.29 is 14.3 Å². The molecule has 152 valence electrons. The predicted molar refractivity (Wildman–Crippen MR) is 109 cm³/mol. The molecule has 0 saturated heterocycles. The van der Waals surface area contributed by atoms with E-state index in [9.17, 15) is 14.3 Å². The summed E-state index contributed by atoms with van der Waals surface area (Å²) in [5.41, 5.74) is 2.64. The Morgan fingerprint density at radius 3 is 2.55 bits per heavy atom. The number of aliphatic hydroxyl groups is 1. The van der Waals surface area contributed by atoms with E-state index in [0.29, 0.717) is 18.9 Å². The van der Waals surface area contributed by atoms with E-state index >= 15 is 0 Å². The zero-order valence-corrected chi connectivity index (χ0v) is 16.5. The quantitative estimate of drug-likeness (QED) is 0.803. The summed E-state index contributed by atoms with van der Waals surface area (Å²) in [6.07, 6.45) is 5.10. The Morgan fingerprint density at radius 2 is 1.83 bits per heavy atom. The lowest BCUT2D eigenvalue weighted by Crippen LogP contribution is -2.57. The van der Waals surface area contributed by atoms with Crippen molar-refractivity contribution in [1.82, 2.24) is 10.2 Å². The zero-order chi connectivity index (χ0) is 20.0. The van der Waals surface area contributed by atoms with Crippen LogP contribution in [0.3, 0.4) is 0 Å². The summed E-state index contributed by atoms with van der Waals surface area (Å²) in [6.45, 7) is 0.618. The Morgan fingerprint density at radius 1 is 1.10 bits per heavy atom. The van der Waals surface area contributed by atoms with E-state index in [1.165, 1.54) is 17.7 Å². The first kappa shape index (κ1) is 18.6. The molecule has 3 aliphatic carbocycles. The Hall–Kier alpha value is -2.40. The fourth-order valence-electron chi connectivity index (χ4n) is 5.56. The van der Waals surface area contributed by atoms with E-state index < -0.39 is 5.60 Å². The minimum Gasteiger partial charge on any atom is -0.390 e. The van der Waals surface area contributed by atoms with E-state index in [0.717, 1.165) is 43.2 Å². The number of amides is 2. The van der Waals surface area contributed by atoms with Gasteiger partial charge in [0.05, 0.1) is 11.6 Å². The van der Waals surface area contributed by atoms with Gasteiger partial charge in [0.15, 0.2) is 0 Å². The van der Waals surface area contributed by atoms with Gasteiger partial charge in [-0.25, -0.2) is 9.18 Å². The number of hydrogen-bond acceptors (Lipinski definition) is 2. The van der Waals surface area contributed by atoms with Crippen molar-refractivity contribution in [1.29, 1.82) is 0 Å². The van der Waals surface area contributed by atoms with Crippen molar-refractivity contribution in [2.45, 2.75) is 56.2 Å². The van der Waals surface area contributed by atoms with Crippen molar-refractivity contribution in [3.05, 3.63) is 71.0 Å². The summed E-state index contributed by atoms with van der Waals surface area (Å²) in [5.74, 6) is 0.176. The number of urea groups is 1. The van der Waals surface area contributed by atoms with E-state index in [4.69, 9.17) is 0 Å². The summed E-state index contributed by atoms with van der Waals surface area (Å²) in [4.78, 5) is 15.2. The summed E-state index contributed by atoms with van der Waals surface area (Å²) in [7, 11) is 0. The molecule has 4 nitrogen and oxygen atoms in total. The molecule has 2 amide bonds. The zero-order valence-electron chi connectivity index (χ0n) is 16.5. The molecule has 2 aromatic rings. The number of rotatable bonds is 2. The highest BCUT2D eigenvalue weighted by atomic mass is 19.1. The maximum absolute atomic E-state index is 13.5. The molecule has 0 unspecified atom stereocenters. The van der Waals surface area contributed by atoms with Crippen LogP contribution in [-0.2, 0) is 6.42 Å². The molecule has 2 atom stereocenters. The van der Waals surface area contributed by atoms with Crippen LogP contribution in [0.5, 0.6) is 0 Å². The van der Waals surface area contributed by atoms with E-state index in [1.54, 1.807) is 12.1 Å². The number of carbonyl (C=O) groups excluding carboxylic acids is 1. The van der Waals surface area contributed by atoms with Crippen LogP contribution < -0.4 is 5.32 Å². The molecule has 1 heterocycles. The lowest BCUT2D eigenvalue weighted by molar-refractivity contribution is -0.0686. The van der Waals surface area contributed by atoms with Crippen LogP contribution in [0, 0.1) is 11.7 Å². The number of benzene rings is 2. The lowest BCUT2D eigenvalue weighted by Gasteiger charge is -2.48. The van der Waals surface area contributed by atoms with Crippen LogP contribution in [0.25, 0.3) is 0 Å². The van der Waals surface area contributed by atoms with Crippen LogP contribution in [0.1, 0.15) is 54.8 Å². The molecule has 0 radical (unpaired) electrons. The highest BCUT2D eigenvalue weighted by Crippen LogP contribution is 2.44. The largest absolute Gasteiger partial charge is 0.390 e. The van der Waals surface area contributed by atoms with Crippen molar-refractivity contribution in [2.24, 2.45) is 5.92 Å². The molecule has 3 saturated carbocycles. The standard InChI is InChI=1S/C24H27FN2O2/c25-19-7-5-18(6-8-19)22-20-4-2-1-3-16(20)11-14-27(22)23(28)26-21-15-24(29)12-9-17(21)10-13-24/h1-8,17,21-22,29H,9-15H2,(H,26,28)/t17?,21-,22+,24?/m1/s1. The summed E-state index contributed by atoms with van der Waals surface area (Å²) in [5, 5.41) is 13.9. The van der Waals surface area contributed by atoms with Gasteiger partial charge < -0.3 is 15.3 Å². The third-order valence-corrected chi connectivity index (χ3v) is 7.17. The lowest BCUT2D eigenvalue weighted by atomic mass is 9.65. The number of hydrogen-bond donors (Lipinski definition) is 2. The first-order valence-corrected chi connectivity index (χ1v) is 10.7. The van der Waals surface area contributed by atoms with Crippen LogP contribution in [0.15, 0.2) is 48.5 Å². The van der Waals surface area contributed by atoms with Crippen molar-refractivity contribution >= 4 is 6.03 Å². The fourth-order valence-corrected chi connectivity index (χ4v) is 5.56. The third kappa shape index (κ3) is 3.42. The van der Waals surface area contributed by atoms with Gasteiger partial charge in [0.2, 0.25) is 0 Å². The third-order valence-electron chi connectivity index (χ3n) is 7.17. The summed E-state index contributed by atoms with van der Waals surface area (Å²) < 4.78 is 13.5. The van der Waals surface area contributed by atoms with Crippen LogP contribution >= 0.6 is 0 Å². The molecule has 5 heteroatoms. The second-order valence-corrected chi connectivity index (χ2v) is 8.92. The van der Waals surface area contributed by atoms with Gasteiger partial charge in [-0.3, -0.25) is 0 Å². The number of nitrogens with zero attached hydrogens (tertiary/aromatic N) is 1. The monoisotopic (exact) mass is 394 g/mol. The van der Waals surface area contributed by atoms with Gasteiger partial charge in [0.25, 0.3) is 0 Å². The molecule has 1 aliphatic heterocycles. The predicted octanol–water partition coefficient (Wildman–Crippen LogP) is 4.18. The van der Waals surface area contributed by atoms with Gasteiger partial charge in [-0.15, -0.1) is 0 Å². The first-order valence-electron chi connectivity index (χ1n) is 10.7. The van der Waals surface area contributed by atoms with Gasteiger partial charge in [-0.2, -0.15) is 0 Å². The molecule has 6 rings (SSSR count). The van der Waals surface area contributed by atoms with Crippen molar-refractivity contribution in [3.8, 4) is 0 Å². The molecule has 2 bridgehead atoms. The van der Waals surface area contributed by atoms with E-state index in [2.05, 4.69) is 17.4 Å². The minimum absolute atomic E-state index is 0.0287. The molecule has 2 aromatic carbocycles. The minimum atomic E-state index is -0.614. The number of carbonyl (C=O) groups is 1. The molecule has 0 spiro atoms.